The van der Waals surface area contributed by atoms with Crippen molar-refractivity contribution in [2.45, 2.75) is 13.5 Å². The lowest BCUT2D eigenvalue weighted by molar-refractivity contribution is 0.0997. The predicted octanol–water partition coefficient (Wildman–Crippen LogP) is 4.27. The minimum atomic E-state index is -0.505. The molecule has 1 heterocycles. The van der Waals surface area contributed by atoms with E-state index in [1.165, 1.54) is 0 Å². The third-order valence-corrected chi connectivity index (χ3v) is 5.31. The van der Waals surface area contributed by atoms with E-state index in [2.05, 4.69) is 5.32 Å². The second-order valence-corrected chi connectivity index (χ2v) is 7.65. The molecule has 2 amide bonds. The number of aryl methyl sites for hydroxylation is 1. The number of hydrogen-bond acceptors (Lipinski definition) is 4. The normalized spacial score (nSPS) is 10.6. The van der Waals surface area contributed by atoms with Gasteiger partial charge in [0.15, 0.2) is 0 Å². The molecule has 0 atom stereocenters. The highest BCUT2D eigenvalue weighted by molar-refractivity contribution is 6.08. The van der Waals surface area contributed by atoms with Crippen LogP contribution in [0.5, 0.6) is 5.75 Å². The molecule has 7 nitrogen and oxygen atoms in total. The molecular formula is C26H24N4O3. The predicted molar refractivity (Wildman–Crippen MR) is 127 cm³/mol. The van der Waals surface area contributed by atoms with Crippen molar-refractivity contribution in [1.29, 1.82) is 0 Å². The zero-order valence-electron chi connectivity index (χ0n) is 18.4. The van der Waals surface area contributed by atoms with Crippen molar-refractivity contribution < 1.29 is 14.3 Å². The number of amides is 2. The number of anilines is 1. The van der Waals surface area contributed by atoms with Crippen molar-refractivity contribution in [1.82, 2.24) is 9.78 Å². The SMILES string of the molecule is COc1ccc(-c2nn(Cc3ccccc3)cc2C(=O)Nc2ccc(C(N)=O)c(C)c2)cc1. The van der Waals surface area contributed by atoms with Gasteiger partial charge in [-0.15, -0.1) is 0 Å². The molecule has 0 aliphatic carbocycles. The fourth-order valence-electron chi connectivity index (χ4n) is 3.62. The van der Waals surface area contributed by atoms with E-state index < -0.39 is 5.91 Å². The maximum atomic E-state index is 13.2. The van der Waals surface area contributed by atoms with Gasteiger partial charge >= 0.3 is 0 Å². The standard InChI is InChI=1S/C26H24N4O3/c1-17-14-20(10-13-22(17)25(27)31)28-26(32)23-16-30(15-18-6-4-3-5-7-18)29-24(23)19-8-11-21(33-2)12-9-19/h3-14,16H,15H2,1-2H3,(H2,27,31)(H,28,32). The Hall–Kier alpha value is -4.39. The minimum Gasteiger partial charge on any atom is -0.497 e. The number of carbonyl (C=O) groups is 2. The number of carbonyl (C=O) groups excluding carboxylic acids is 2. The van der Waals surface area contributed by atoms with Gasteiger partial charge in [0.05, 0.1) is 19.2 Å². The molecule has 0 spiro atoms. The third-order valence-electron chi connectivity index (χ3n) is 5.31. The van der Waals surface area contributed by atoms with Gasteiger partial charge in [0, 0.05) is 23.0 Å². The van der Waals surface area contributed by atoms with E-state index in [0.29, 0.717) is 34.6 Å². The fraction of sp³-hybridized carbons (Fsp3) is 0.115. The topological polar surface area (TPSA) is 99.2 Å². The molecule has 3 aromatic carbocycles. The molecule has 33 heavy (non-hydrogen) atoms. The summed E-state index contributed by atoms with van der Waals surface area (Å²) in [6.07, 6.45) is 1.74. The van der Waals surface area contributed by atoms with Crippen molar-refractivity contribution in [3.63, 3.8) is 0 Å². The highest BCUT2D eigenvalue weighted by atomic mass is 16.5. The number of primary amides is 1. The molecule has 0 saturated heterocycles. The van der Waals surface area contributed by atoms with Crippen molar-refractivity contribution >= 4 is 17.5 Å². The average Bonchev–Trinajstić information content (AvgIpc) is 3.23. The molecule has 0 unspecified atom stereocenters. The number of ether oxygens (including phenoxy) is 1. The van der Waals surface area contributed by atoms with Gasteiger partial charge in [0.25, 0.3) is 5.91 Å². The first-order chi connectivity index (χ1) is 15.9. The smallest absolute Gasteiger partial charge is 0.259 e. The molecule has 0 fully saturated rings. The molecule has 4 rings (SSSR count). The summed E-state index contributed by atoms with van der Waals surface area (Å²) in [5, 5.41) is 7.61. The Balaban J connectivity index is 1.67. The second kappa shape index (κ2) is 9.40. The minimum absolute atomic E-state index is 0.300. The first kappa shape index (κ1) is 21.8. The van der Waals surface area contributed by atoms with E-state index in [0.717, 1.165) is 16.9 Å². The van der Waals surface area contributed by atoms with E-state index in [9.17, 15) is 9.59 Å². The van der Waals surface area contributed by atoms with Crippen LogP contribution >= 0.6 is 0 Å². The summed E-state index contributed by atoms with van der Waals surface area (Å²) in [5.74, 6) is -0.0841. The number of nitrogens with two attached hydrogens (primary N) is 1. The lowest BCUT2D eigenvalue weighted by Crippen LogP contribution is -2.15. The molecular weight excluding hydrogens is 416 g/mol. The third kappa shape index (κ3) is 4.93. The van der Waals surface area contributed by atoms with Gasteiger partial charge in [-0.2, -0.15) is 5.10 Å². The van der Waals surface area contributed by atoms with E-state index in [4.69, 9.17) is 15.6 Å². The highest BCUT2D eigenvalue weighted by Gasteiger charge is 2.19. The molecule has 4 aromatic rings. The molecule has 0 saturated carbocycles. The summed E-state index contributed by atoms with van der Waals surface area (Å²) in [6, 6.07) is 22.3. The number of nitrogens with zero attached hydrogens (tertiary/aromatic N) is 2. The molecule has 3 N–H and O–H groups in total. The van der Waals surface area contributed by atoms with Crippen molar-refractivity contribution in [3.05, 3.63) is 101 Å². The second-order valence-electron chi connectivity index (χ2n) is 7.65. The Kier molecular flexibility index (Phi) is 6.22. The Morgan fingerprint density at radius 3 is 2.36 bits per heavy atom. The van der Waals surface area contributed by atoms with Crippen LogP contribution in [0, 0.1) is 6.92 Å². The summed E-state index contributed by atoms with van der Waals surface area (Å²) in [7, 11) is 1.61. The maximum absolute atomic E-state index is 13.2. The van der Waals surface area contributed by atoms with Crippen molar-refractivity contribution in [3.8, 4) is 17.0 Å². The number of aromatic nitrogens is 2. The van der Waals surface area contributed by atoms with Gasteiger partial charge in [0.2, 0.25) is 5.91 Å². The zero-order valence-corrected chi connectivity index (χ0v) is 18.4. The molecule has 0 aliphatic rings. The van der Waals surface area contributed by atoms with Crippen LogP contribution in [0.2, 0.25) is 0 Å². The van der Waals surface area contributed by atoms with Crippen LogP contribution in [0.1, 0.15) is 31.8 Å². The largest absolute Gasteiger partial charge is 0.497 e. The van der Waals surface area contributed by atoms with E-state index in [-0.39, 0.29) is 5.91 Å². The summed E-state index contributed by atoms with van der Waals surface area (Å²) in [5.41, 5.74) is 9.94. The number of rotatable bonds is 7. The van der Waals surface area contributed by atoms with Crippen LogP contribution in [0.4, 0.5) is 5.69 Å². The average molecular weight is 441 g/mol. The van der Waals surface area contributed by atoms with E-state index in [1.807, 2.05) is 54.6 Å². The first-order valence-corrected chi connectivity index (χ1v) is 10.4. The Labute approximate surface area is 191 Å². The number of nitrogens with one attached hydrogen (secondary N) is 1. The molecule has 1 aromatic heterocycles. The van der Waals surface area contributed by atoms with Crippen LogP contribution in [0.25, 0.3) is 11.3 Å². The Morgan fingerprint density at radius 1 is 1.00 bits per heavy atom. The molecule has 0 radical (unpaired) electrons. The van der Waals surface area contributed by atoms with Crippen LogP contribution in [-0.2, 0) is 6.54 Å². The quantitative estimate of drug-likeness (QED) is 0.448. The van der Waals surface area contributed by atoms with Crippen LogP contribution in [0.15, 0.2) is 79.0 Å². The molecule has 0 aliphatic heterocycles. The molecule has 0 bridgehead atoms. The van der Waals surface area contributed by atoms with Crippen LogP contribution in [-0.4, -0.2) is 28.7 Å². The number of benzene rings is 3. The van der Waals surface area contributed by atoms with Gasteiger partial charge in [-0.3, -0.25) is 14.3 Å². The lowest BCUT2D eigenvalue weighted by Gasteiger charge is -2.08. The van der Waals surface area contributed by atoms with E-state index in [1.54, 1.807) is 43.1 Å². The van der Waals surface area contributed by atoms with Gasteiger partial charge in [0.1, 0.15) is 11.4 Å². The van der Waals surface area contributed by atoms with Crippen LogP contribution < -0.4 is 15.8 Å². The number of hydrogen-bond donors (Lipinski definition) is 2. The van der Waals surface area contributed by atoms with Gasteiger partial charge in [-0.05, 0) is 60.5 Å². The maximum Gasteiger partial charge on any atom is 0.259 e. The van der Waals surface area contributed by atoms with Gasteiger partial charge in [-0.1, -0.05) is 30.3 Å². The van der Waals surface area contributed by atoms with E-state index >= 15 is 0 Å². The molecule has 166 valence electrons. The zero-order chi connectivity index (χ0) is 23.4. The summed E-state index contributed by atoms with van der Waals surface area (Å²) in [6.45, 7) is 2.31. The van der Waals surface area contributed by atoms with Crippen LogP contribution in [0.3, 0.4) is 0 Å². The van der Waals surface area contributed by atoms with Gasteiger partial charge < -0.3 is 15.8 Å². The fourth-order valence-corrected chi connectivity index (χ4v) is 3.62. The van der Waals surface area contributed by atoms with Crippen molar-refractivity contribution in [2.75, 3.05) is 12.4 Å². The summed E-state index contributed by atoms with van der Waals surface area (Å²) in [4.78, 5) is 24.7. The Bertz CT molecular complexity index is 1300. The first-order valence-electron chi connectivity index (χ1n) is 10.4. The summed E-state index contributed by atoms with van der Waals surface area (Å²) >= 11 is 0. The highest BCUT2D eigenvalue weighted by Crippen LogP contribution is 2.26. The number of methoxy groups -OCH3 is 1. The molecule has 7 heteroatoms. The van der Waals surface area contributed by atoms with Gasteiger partial charge in [-0.25, -0.2) is 0 Å². The van der Waals surface area contributed by atoms with Crippen molar-refractivity contribution in [2.24, 2.45) is 5.73 Å². The summed E-state index contributed by atoms with van der Waals surface area (Å²) < 4.78 is 7.00. The lowest BCUT2D eigenvalue weighted by atomic mass is 10.1. The monoisotopic (exact) mass is 440 g/mol. The Morgan fingerprint density at radius 2 is 1.73 bits per heavy atom.